The van der Waals surface area contributed by atoms with Crippen LogP contribution in [0.25, 0.3) is 0 Å². The third kappa shape index (κ3) is 7.32. The van der Waals surface area contributed by atoms with Crippen molar-refractivity contribution in [1.82, 2.24) is 5.32 Å². The van der Waals surface area contributed by atoms with E-state index in [2.05, 4.69) is 5.32 Å². The standard InChI is InChI=1S/C18H18Cl3NOS2/c1-12(25-16-6-4-14(19)5-7-16)18(23)22-8-9-24-11-13-2-3-15(20)10-17(13)21/h2-7,10,12H,8-9,11H2,1H3,(H,22,23)/t12-/m1/s1. The van der Waals surface area contributed by atoms with Crippen LogP contribution in [0.2, 0.25) is 15.1 Å². The molecular weight excluding hydrogens is 417 g/mol. The van der Waals surface area contributed by atoms with Crippen molar-refractivity contribution < 1.29 is 4.79 Å². The van der Waals surface area contributed by atoms with Crippen molar-refractivity contribution in [3.05, 3.63) is 63.1 Å². The van der Waals surface area contributed by atoms with Gasteiger partial charge in [-0.15, -0.1) is 11.8 Å². The maximum atomic E-state index is 12.1. The van der Waals surface area contributed by atoms with Crippen LogP contribution >= 0.6 is 58.3 Å². The van der Waals surface area contributed by atoms with Crippen molar-refractivity contribution in [2.75, 3.05) is 12.3 Å². The second-order valence-corrected chi connectivity index (χ2v) is 9.09. The summed E-state index contributed by atoms with van der Waals surface area (Å²) in [6.45, 7) is 2.52. The maximum Gasteiger partial charge on any atom is 0.233 e. The zero-order chi connectivity index (χ0) is 18.2. The van der Waals surface area contributed by atoms with Gasteiger partial charge >= 0.3 is 0 Å². The molecule has 0 radical (unpaired) electrons. The van der Waals surface area contributed by atoms with E-state index < -0.39 is 0 Å². The number of thioether (sulfide) groups is 2. The fourth-order valence-corrected chi connectivity index (χ4v) is 4.42. The Bertz CT molecular complexity index is 710. The SMILES string of the molecule is C[C@@H](Sc1ccc(Cl)cc1)C(=O)NCCSCc1ccc(Cl)cc1Cl. The lowest BCUT2D eigenvalue weighted by Crippen LogP contribution is -2.32. The number of carbonyl (C=O) groups excluding carboxylic acids is 1. The van der Waals surface area contributed by atoms with E-state index in [1.807, 2.05) is 43.3 Å². The molecule has 0 unspecified atom stereocenters. The first-order chi connectivity index (χ1) is 12.0. The van der Waals surface area contributed by atoms with Crippen molar-refractivity contribution in [2.24, 2.45) is 0 Å². The molecule has 1 atom stereocenters. The van der Waals surface area contributed by atoms with E-state index in [9.17, 15) is 4.79 Å². The lowest BCUT2D eigenvalue weighted by molar-refractivity contribution is -0.120. The highest BCUT2D eigenvalue weighted by Crippen LogP contribution is 2.25. The van der Waals surface area contributed by atoms with Crippen LogP contribution in [-0.2, 0) is 10.5 Å². The number of nitrogens with one attached hydrogen (secondary N) is 1. The molecule has 1 amide bonds. The molecule has 0 aliphatic heterocycles. The first kappa shape index (κ1) is 20.8. The van der Waals surface area contributed by atoms with Crippen LogP contribution in [-0.4, -0.2) is 23.5 Å². The van der Waals surface area contributed by atoms with Crippen molar-refractivity contribution in [3.8, 4) is 0 Å². The maximum absolute atomic E-state index is 12.1. The lowest BCUT2D eigenvalue weighted by atomic mass is 10.2. The van der Waals surface area contributed by atoms with Crippen LogP contribution in [0.3, 0.4) is 0 Å². The summed E-state index contributed by atoms with van der Waals surface area (Å²) < 4.78 is 0. The van der Waals surface area contributed by atoms with Crippen molar-refractivity contribution >= 4 is 64.2 Å². The molecule has 0 saturated heterocycles. The Balaban J connectivity index is 1.66. The summed E-state index contributed by atoms with van der Waals surface area (Å²) in [6.07, 6.45) is 0. The van der Waals surface area contributed by atoms with Gasteiger partial charge < -0.3 is 5.32 Å². The fourth-order valence-electron chi connectivity index (χ4n) is 1.98. The molecule has 2 aromatic carbocycles. The Hall–Kier alpha value is -0.520. The summed E-state index contributed by atoms with van der Waals surface area (Å²) in [7, 11) is 0. The topological polar surface area (TPSA) is 29.1 Å². The smallest absolute Gasteiger partial charge is 0.233 e. The molecule has 2 aromatic rings. The lowest BCUT2D eigenvalue weighted by Gasteiger charge is -2.12. The second-order valence-electron chi connectivity index (χ2n) is 5.29. The number of carbonyl (C=O) groups is 1. The van der Waals surface area contributed by atoms with E-state index in [1.54, 1.807) is 17.8 Å². The van der Waals surface area contributed by atoms with Gasteiger partial charge in [-0.1, -0.05) is 40.9 Å². The summed E-state index contributed by atoms with van der Waals surface area (Å²) in [6, 6.07) is 13.0. The summed E-state index contributed by atoms with van der Waals surface area (Å²) >= 11 is 21.1. The van der Waals surface area contributed by atoms with Gasteiger partial charge in [0, 0.05) is 38.0 Å². The zero-order valence-corrected chi connectivity index (χ0v) is 17.5. The van der Waals surface area contributed by atoms with Crippen molar-refractivity contribution in [3.63, 3.8) is 0 Å². The Morgan fingerprint density at radius 2 is 1.76 bits per heavy atom. The molecule has 25 heavy (non-hydrogen) atoms. The number of hydrogen-bond donors (Lipinski definition) is 1. The molecule has 0 heterocycles. The third-order valence-corrected chi connectivity index (χ3v) is 6.27. The Morgan fingerprint density at radius 3 is 2.44 bits per heavy atom. The Labute approximate surface area is 172 Å². The van der Waals surface area contributed by atoms with Gasteiger partial charge in [0.2, 0.25) is 5.91 Å². The molecular formula is C18H18Cl3NOS2. The fraction of sp³-hybridized carbons (Fsp3) is 0.278. The number of benzene rings is 2. The minimum absolute atomic E-state index is 0.0325. The molecule has 2 nitrogen and oxygen atoms in total. The predicted octanol–water partition coefficient (Wildman–Crippen LogP) is 6.18. The van der Waals surface area contributed by atoms with Crippen molar-refractivity contribution in [2.45, 2.75) is 22.8 Å². The molecule has 0 bridgehead atoms. The van der Waals surface area contributed by atoms with Gasteiger partial charge in [-0.3, -0.25) is 4.79 Å². The normalized spacial score (nSPS) is 12.0. The number of amides is 1. The monoisotopic (exact) mass is 433 g/mol. The highest BCUT2D eigenvalue weighted by molar-refractivity contribution is 8.00. The molecule has 134 valence electrons. The molecule has 0 aromatic heterocycles. The first-order valence-electron chi connectivity index (χ1n) is 7.67. The van der Waals surface area contributed by atoms with Gasteiger partial charge in [0.15, 0.2) is 0 Å². The van der Waals surface area contributed by atoms with Crippen molar-refractivity contribution in [1.29, 1.82) is 0 Å². The Morgan fingerprint density at radius 1 is 1.08 bits per heavy atom. The Kier molecular flexibility index (Phi) is 8.80. The van der Waals surface area contributed by atoms with Gasteiger partial charge in [0.05, 0.1) is 5.25 Å². The van der Waals surface area contributed by atoms with Gasteiger partial charge in [-0.2, -0.15) is 11.8 Å². The molecule has 0 saturated carbocycles. The average molecular weight is 435 g/mol. The zero-order valence-electron chi connectivity index (χ0n) is 13.6. The van der Waals surface area contributed by atoms with Crippen LogP contribution in [0.15, 0.2) is 47.4 Å². The molecule has 7 heteroatoms. The van der Waals surface area contributed by atoms with E-state index >= 15 is 0 Å². The van der Waals surface area contributed by atoms with Crippen LogP contribution in [0.5, 0.6) is 0 Å². The molecule has 1 N–H and O–H groups in total. The van der Waals surface area contributed by atoms with E-state index in [1.165, 1.54) is 11.8 Å². The van der Waals surface area contributed by atoms with Gasteiger partial charge in [-0.25, -0.2) is 0 Å². The van der Waals surface area contributed by atoms with Gasteiger partial charge in [0.25, 0.3) is 0 Å². The highest BCUT2D eigenvalue weighted by atomic mass is 35.5. The first-order valence-corrected chi connectivity index (χ1v) is 10.8. The minimum Gasteiger partial charge on any atom is -0.354 e. The minimum atomic E-state index is -0.156. The largest absolute Gasteiger partial charge is 0.354 e. The summed E-state index contributed by atoms with van der Waals surface area (Å²) in [5.41, 5.74) is 1.05. The van der Waals surface area contributed by atoms with E-state index in [4.69, 9.17) is 34.8 Å². The van der Waals surface area contributed by atoms with E-state index in [0.29, 0.717) is 21.6 Å². The number of halogens is 3. The summed E-state index contributed by atoms with van der Waals surface area (Å²) in [5, 5.41) is 4.82. The van der Waals surface area contributed by atoms with E-state index in [0.717, 1.165) is 22.0 Å². The van der Waals surface area contributed by atoms with Crippen LogP contribution in [0.4, 0.5) is 0 Å². The molecule has 0 aliphatic carbocycles. The van der Waals surface area contributed by atoms with Gasteiger partial charge in [0.1, 0.15) is 0 Å². The molecule has 2 rings (SSSR count). The van der Waals surface area contributed by atoms with Gasteiger partial charge in [-0.05, 0) is 48.9 Å². The molecule has 0 aliphatic rings. The third-order valence-electron chi connectivity index (χ3n) is 3.31. The molecule has 0 fully saturated rings. The van der Waals surface area contributed by atoms with Crippen LogP contribution < -0.4 is 5.32 Å². The quantitative estimate of drug-likeness (QED) is 0.397. The summed E-state index contributed by atoms with van der Waals surface area (Å²) in [5.74, 6) is 1.65. The number of hydrogen-bond acceptors (Lipinski definition) is 3. The van der Waals surface area contributed by atoms with Crippen LogP contribution in [0.1, 0.15) is 12.5 Å². The van der Waals surface area contributed by atoms with E-state index in [-0.39, 0.29) is 11.2 Å². The highest BCUT2D eigenvalue weighted by Gasteiger charge is 2.13. The number of rotatable bonds is 8. The predicted molar refractivity (Wildman–Crippen MR) is 112 cm³/mol. The second kappa shape index (κ2) is 10.6. The average Bonchev–Trinajstić information content (AvgIpc) is 2.58. The summed E-state index contributed by atoms with van der Waals surface area (Å²) in [4.78, 5) is 13.2. The van der Waals surface area contributed by atoms with Crippen LogP contribution in [0, 0.1) is 0 Å². The molecule has 0 spiro atoms.